The van der Waals surface area contributed by atoms with Gasteiger partial charge in [0.15, 0.2) is 0 Å². The summed E-state index contributed by atoms with van der Waals surface area (Å²) < 4.78 is 39.0. The van der Waals surface area contributed by atoms with Crippen molar-refractivity contribution >= 4 is 15.7 Å². The number of aryl methyl sites for hydroxylation is 1. The highest BCUT2D eigenvalue weighted by Gasteiger charge is 2.01. The molecule has 0 fully saturated rings. The van der Waals surface area contributed by atoms with Crippen molar-refractivity contribution in [2.75, 3.05) is 12.3 Å². The van der Waals surface area contributed by atoms with E-state index in [9.17, 15) is 12.8 Å². The van der Waals surface area contributed by atoms with Gasteiger partial charge in [0.1, 0.15) is 5.82 Å². The van der Waals surface area contributed by atoms with Crippen molar-refractivity contribution in [2.24, 2.45) is 0 Å². The van der Waals surface area contributed by atoms with Crippen LogP contribution >= 0.6 is 0 Å². The summed E-state index contributed by atoms with van der Waals surface area (Å²) in [6.45, 7) is 1.93. The first-order valence-electron chi connectivity index (χ1n) is 4.46. The molecule has 1 aromatic carbocycles. The Morgan fingerprint density at radius 2 is 2.13 bits per heavy atom. The maximum atomic E-state index is 12.8. The van der Waals surface area contributed by atoms with Gasteiger partial charge in [0.25, 0.3) is 0 Å². The fourth-order valence-corrected chi connectivity index (χ4v) is 2.01. The van der Waals surface area contributed by atoms with Gasteiger partial charge in [-0.2, -0.15) is 0 Å². The van der Waals surface area contributed by atoms with E-state index < -0.39 is 15.8 Å². The number of sulfonamides is 1. The van der Waals surface area contributed by atoms with E-state index in [1.807, 2.05) is 0 Å². The quantitative estimate of drug-likeness (QED) is 0.830. The first-order valence-corrected chi connectivity index (χ1v) is 6.06. The van der Waals surface area contributed by atoms with Crippen molar-refractivity contribution in [3.63, 3.8) is 0 Å². The fraction of sp³-hybridized carbons (Fsp3) is 0.333. The topological polar surface area (TPSA) is 75.9 Å². The van der Waals surface area contributed by atoms with E-state index in [0.717, 1.165) is 6.07 Å². The average Bonchev–Trinajstić information content (AvgIpc) is 2.10. The van der Waals surface area contributed by atoms with E-state index in [1.54, 1.807) is 6.92 Å². The van der Waals surface area contributed by atoms with Crippen LogP contribution in [0, 0.1) is 12.7 Å². The maximum Gasteiger partial charge on any atom is 0.122 e. The molecule has 1 aromatic rings. The number of rotatable bonds is 4. The van der Waals surface area contributed by atoms with Crippen LogP contribution < -0.4 is 5.73 Å². The second-order valence-corrected chi connectivity index (χ2v) is 4.92. The minimum absolute atomic E-state index is 0.122. The highest BCUT2D eigenvalue weighted by Crippen LogP contribution is 2.27. The van der Waals surface area contributed by atoms with Crippen LogP contribution in [-0.4, -0.2) is 20.7 Å². The molecule has 1 rings (SSSR count). The zero-order valence-electron chi connectivity index (χ0n) is 8.40. The van der Waals surface area contributed by atoms with E-state index in [-0.39, 0.29) is 18.0 Å². The fourth-order valence-electron chi connectivity index (χ4n) is 1.06. The highest BCUT2D eigenvalue weighted by atomic mass is 32.2. The molecule has 0 saturated carbocycles. The molecule has 0 unspecified atom stereocenters. The molecule has 0 atom stereocenters. The van der Waals surface area contributed by atoms with E-state index in [0.29, 0.717) is 5.56 Å². The predicted molar refractivity (Wildman–Crippen MR) is 55.7 cm³/mol. The van der Waals surface area contributed by atoms with Crippen LogP contribution in [-0.2, 0) is 10.0 Å². The lowest BCUT2D eigenvalue weighted by atomic mass is 10.2. The maximum absolute atomic E-state index is 12.8. The van der Waals surface area contributed by atoms with Gasteiger partial charge in [-0.1, -0.05) is 11.6 Å². The Bertz CT molecular complexity index is 445. The van der Waals surface area contributed by atoms with Gasteiger partial charge in [0, 0.05) is 0 Å². The molecule has 0 aromatic heterocycles. The van der Waals surface area contributed by atoms with Gasteiger partial charge in [-0.25, -0.2) is 12.8 Å². The normalized spacial score (nSPS) is 11.4. The van der Waals surface area contributed by atoms with Crippen LogP contribution in [0.3, 0.4) is 0 Å². The molecule has 0 aliphatic carbocycles. The Labute approximate surface area is 88.3 Å². The van der Waals surface area contributed by atoms with E-state index >= 15 is 0 Å². The van der Waals surface area contributed by atoms with Crippen molar-refractivity contribution in [3.05, 3.63) is 34.3 Å². The molecule has 0 spiro atoms. The van der Waals surface area contributed by atoms with Gasteiger partial charge in [-0.3, -0.25) is 0 Å². The smallest absolute Gasteiger partial charge is 0.122 e. The molecule has 0 amide bonds. The van der Waals surface area contributed by atoms with Crippen molar-refractivity contribution in [2.45, 2.75) is 6.92 Å². The minimum Gasteiger partial charge on any atom is -0.576 e. The summed E-state index contributed by atoms with van der Waals surface area (Å²) in [5.74, 6) is -0.618. The van der Waals surface area contributed by atoms with Gasteiger partial charge in [0.05, 0.1) is 22.3 Å². The Hall–Kier alpha value is -1.14. The molecular formula is C9H13FN2O2S. The van der Waals surface area contributed by atoms with Crippen LogP contribution in [0.25, 0.3) is 4.72 Å². The minimum atomic E-state index is -3.53. The molecule has 6 heteroatoms. The second-order valence-electron chi connectivity index (χ2n) is 3.16. The Morgan fingerprint density at radius 3 is 2.73 bits per heavy atom. The van der Waals surface area contributed by atoms with Gasteiger partial charge < -0.3 is 10.5 Å². The van der Waals surface area contributed by atoms with Gasteiger partial charge in [-0.15, -0.1) is 5.69 Å². The summed E-state index contributed by atoms with van der Waals surface area (Å²) in [5, 5.41) is 0. The SMILES string of the molecule is Cc1ccc(F)cc1[N-]S(=O)(=O)CC[NH3+]. The standard InChI is InChI=1S/C9H12FN2O2S/c1-7-2-3-8(10)6-9(7)12-15(13,14)5-4-11/h2-3,6H,4-5,11H2,1H3/q-1/p+1. The summed E-state index contributed by atoms with van der Waals surface area (Å²) in [6.07, 6.45) is 0. The van der Waals surface area contributed by atoms with Gasteiger partial charge in [-0.05, 0) is 19.1 Å². The van der Waals surface area contributed by atoms with Crippen LogP contribution in [0.5, 0.6) is 0 Å². The molecule has 15 heavy (non-hydrogen) atoms. The summed E-state index contributed by atoms with van der Waals surface area (Å²) in [6, 6.07) is 3.87. The van der Waals surface area contributed by atoms with Crippen LogP contribution in [0.4, 0.5) is 10.1 Å². The molecule has 0 aliphatic rings. The molecule has 3 N–H and O–H groups in total. The summed E-state index contributed by atoms with van der Waals surface area (Å²) in [4.78, 5) is 0. The Balaban J connectivity index is 2.94. The predicted octanol–water partition coefficient (Wildman–Crippen LogP) is 0.711. The summed E-state index contributed by atoms with van der Waals surface area (Å²) in [5.41, 5.74) is 4.22. The lowest BCUT2D eigenvalue weighted by Crippen LogP contribution is -2.52. The van der Waals surface area contributed by atoms with Crippen LogP contribution in [0.1, 0.15) is 5.56 Å². The third kappa shape index (κ3) is 3.49. The summed E-state index contributed by atoms with van der Waals surface area (Å²) >= 11 is 0. The number of hydrogen-bond acceptors (Lipinski definition) is 2. The van der Waals surface area contributed by atoms with Gasteiger partial charge in [0.2, 0.25) is 0 Å². The van der Waals surface area contributed by atoms with E-state index in [4.69, 9.17) is 0 Å². The number of hydrogen-bond donors (Lipinski definition) is 1. The molecule has 0 saturated heterocycles. The van der Waals surface area contributed by atoms with E-state index in [1.165, 1.54) is 12.1 Å². The monoisotopic (exact) mass is 232 g/mol. The number of quaternary nitrogens is 1. The van der Waals surface area contributed by atoms with Crippen molar-refractivity contribution in [1.82, 2.24) is 0 Å². The second kappa shape index (κ2) is 4.59. The van der Waals surface area contributed by atoms with Crippen molar-refractivity contribution in [1.29, 1.82) is 0 Å². The first-order chi connectivity index (χ1) is 6.94. The average molecular weight is 232 g/mol. The molecule has 0 heterocycles. The molecule has 0 aliphatic heterocycles. The molecule has 4 nitrogen and oxygen atoms in total. The largest absolute Gasteiger partial charge is 0.576 e. The third-order valence-corrected chi connectivity index (χ3v) is 3.09. The zero-order chi connectivity index (χ0) is 11.5. The van der Waals surface area contributed by atoms with Crippen molar-refractivity contribution in [3.8, 4) is 0 Å². The third-order valence-electron chi connectivity index (χ3n) is 1.81. The molecular weight excluding hydrogens is 219 g/mol. The van der Waals surface area contributed by atoms with Crippen LogP contribution in [0.15, 0.2) is 18.2 Å². The zero-order valence-corrected chi connectivity index (χ0v) is 9.22. The van der Waals surface area contributed by atoms with Crippen LogP contribution in [0.2, 0.25) is 0 Å². The first kappa shape index (κ1) is 11.9. The lowest BCUT2D eigenvalue weighted by molar-refractivity contribution is -0.360. The molecule has 0 radical (unpaired) electrons. The number of halogens is 1. The lowest BCUT2D eigenvalue weighted by Gasteiger charge is -2.22. The molecule has 0 bridgehead atoms. The van der Waals surface area contributed by atoms with E-state index in [2.05, 4.69) is 10.5 Å². The summed E-state index contributed by atoms with van der Waals surface area (Å²) in [7, 11) is -3.53. The Kier molecular flexibility index (Phi) is 3.65. The Morgan fingerprint density at radius 1 is 1.47 bits per heavy atom. The number of benzene rings is 1. The van der Waals surface area contributed by atoms with Crippen molar-refractivity contribution < 1.29 is 18.5 Å². The highest BCUT2D eigenvalue weighted by molar-refractivity contribution is 7.94. The molecule has 84 valence electrons. The van der Waals surface area contributed by atoms with Gasteiger partial charge >= 0.3 is 0 Å². The number of nitrogens with zero attached hydrogens (tertiary/aromatic N) is 1.